The predicted octanol–water partition coefficient (Wildman–Crippen LogP) is 7.53. The lowest BCUT2D eigenvalue weighted by molar-refractivity contribution is -0.385. The van der Waals surface area contributed by atoms with Crippen LogP contribution in [0.25, 0.3) is 0 Å². The minimum absolute atomic E-state index is 0.0139. The number of aromatic nitrogens is 3. The molecule has 3 aromatic heterocycles. The number of nitrogens with two attached hydrogens (primary N) is 1. The Bertz CT molecular complexity index is 1730. The summed E-state index contributed by atoms with van der Waals surface area (Å²) >= 11 is 3.95. The summed E-state index contributed by atoms with van der Waals surface area (Å²) in [5, 5.41) is 25.7. The molecule has 0 unspecified atom stereocenters. The summed E-state index contributed by atoms with van der Waals surface area (Å²) in [6, 6.07) is 22.5. The molecule has 0 aliphatic rings. The van der Waals surface area contributed by atoms with Crippen molar-refractivity contribution in [1.29, 1.82) is 0 Å². The first kappa shape index (κ1) is 33.0. The molecule has 0 spiro atoms. The number of non-ortho nitro benzene ring substituents is 2. The molecule has 0 radical (unpaired) electrons. The van der Waals surface area contributed by atoms with E-state index in [1.54, 1.807) is 29.0 Å². The number of rotatable bonds is 6. The van der Waals surface area contributed by atoms with Crippen LogP contribution in [0.2, 0.25) is 0 Å². The van der Waals surface area contributed by atoms with Crippen molar-refractivity contribution < 1.29 is 23.7 Å². The van der Waals surface area contributed by atoms with Crippen LogP contribution in [0.5, 0.6) is 23.3 Å². The Morgan fingerprint density at radius 1 is 0.682 bits per heavy atom. The third kappa shape index (κ3) is 12.1. The van der Waals surface area contributed by atoms with Crippen LogP contribution in [0.1, 0.15) is 0 Å². The summed E-state index contributed by atoms with van der Waals surface area (Å²) in [7, 11) is 0. The van der Waals surface area contributed by atoms with E-state index in [0.29, 0.717) is 17.5 Å². The van der Waals surface area contributed by atoms with Crippen molar-refractivity contribution in [2.45, 2.75) is 0 Å². The van der Waals surface area contributed by atoms with Crippen molar-refractivity contribution in [3.63, 3.8) is 0 Å². The molecule has 6 aromatic rings. The average molecular weight is 657 g/mol. The number of nitrogens with one attached hydrogen (secondary N) is 1. The number of hydrogen-bond acceptors (Lipinski definition) is 13. The fourth-order valence-electron chi connectivity index (χ4n) is 2.71. The standard InChI is InChI=1S/C9H6N2O3S.C9H8N2OS.C6H4FNO2.C3H3NOS/c12-11(13)7-1-3-8(4-2-7)14-9-5-6-15-10-9;10-7-1-3-8(4-2-7)12-9-5-6-13-11-9;7-5-1-3-6(4-2-5)8(9)10;5-3-1-2-6-4-3/h1-6H;1-6H,10H2;1-4H;1-2H,(H,4,5). The van der Waals surface area contributed by atoms with Crippen LogP contribution in [0.4, 0.5) is 21.5 Å². The largest absolute Gasteiger partial charge is 0.438 e. The van der Waals surface area contributed by atoms with Crippen LogP contribution < -0.4 is 20.8 Å². The van der Waals surface area contributed by atoms with Gasteiger partial charge in [-0.2, -0.15) is 8.75 Å². The van der Waals surface area contributed by atoms with Crippen molar-refractivity contribution in [3.8, 4) is 23.3 Å². The lowest BCUT2D eigenvalue weighted by Gasteiger charge is -2.00. The van der Waals surface area contributed by atoms with Crippen molar-refractivity contribution in [2.75, 3.05) is 5.73 Å². The third-order valence-electron chi connectivity index (χ3n) is 4.69. The summed E-state index contributed by atoms with van der Waals surface area (Å²) in [5.74, 6) is 1.93. The number of nitro groups is 2. The molecule has 6 rings (SSSR count). The molecule has 13 nitrogen and oxygen atoms in total. The van der Waals surface area contributed by atoms with Gasteiger partial charge in [0.2, 0.25) is 11.8 Å². The van der Waals surface area contributed by atoms with Gasteiger partial charge < -0.3 is 15.2 Å². The quantitative estimate of drug-likeness (QED) is 0.103. The molecule has 0 atom stereocenters. The van der Waals surface area contributed by atoms with Crippen molar-refractivity contribution >= 4 is 51.7 Å². The monoisotopic (exact) mass is 656 g/mol. The van der Waals surface area contributed by atoms with Gasteiger partial charge in [-0.3, -0.25) is 29.4 Å². The van der Waals surface area contributed by atoms with Gasteiger partial charge >= 0.3 is 0 Å². The Labute approximate surface area is 260 Å². The van der Waals surface area contributed by atoms with Crippen LogP contribution in [-0.2, 0) is 0 Å². The predicted molar refractivity (Wildman–Crippen MR) is 166 cm³/mol. The lowest BCUT2D eigenvalue weighted by atomic mass is 10.3. The van der Waals surface area contributed by atoms with E-state index in [9.17, 15) is 29.4 Å². The number of benzene rings is 3. The van der Waals surface area contributed by atoms with Gasteiger partial charge in [0.1, 0.15) is 17.3 Å². The minimum atomic E-state index is -0.570. The number of H-pyrrole nitrogens is 1. The van der Waals surface area contributed by atoms with Gasteiger partial charge in [-0.15, -0.1) is 0 Å². The third-order valence-corrected chi connectivity index (χ3v) is 6.36. The smallest absolute Gasteiger partial charge is 0.269 e. The molecule has 3 N–H and O–H groups in total. The van der Waals surface area contributed by atoms with E-state index < -0.39 is 15.7 Å². The van der Waals surface area contributed by atoms with E-state index in [-0.39, 0.29) is 16.9 Å². The Kier molecular flexibility index (Phi) is 13.1. The van der Waals surface area contributed by atoms with Gasteiger partial charge in [-0.05, 0) is 71.6 Å². The van der Waals surface area contributed by atoms with Crippen molar-refractivity contribution in [3.05, 3.63) is 144 Å². The maximum Gasteiger partial charge on any atom is 0.269 e. The number of nitrogen functional groups attached to an aromatic ring is 1. The molecule has 0 fully saturated rings. The van der Waals surface area contributed by atoms with Gasteiger partial charge in [-0.25, -0.2) is 4.39 Å². The van der Waals surface area contributed by atoms with Gasteiger partial charge in [-0.1, -0.05) is 11.5 Å². The highest BCUT2D eigenvalue weighted by Crippen LogP contribution is 2.23. The molecule has 3 aromatic carbocycles. The van der Waals surface area contributed by atoms with E-state index in [1.807, 2.05) is 23.6 Å². The molecule has 0 saturated heterocycles. The Hall–Kier alpha value is -5.52. The first-order valence-electron chi connectivity index (χ1n) is 12.0. The number of halogens is 1. The zero-order valence-electron chi connectivity index (χ0n) is 22.2. The summed E-state index contributed by atoms with van der Waals surface area (Å²) in [4.78, 5) is 29.4. The number of anilines is 1. The zero-order chi connectivity index (χ0) is 31.7. The molecule has 0 aliphatic carbocycles. The highest BCUT2D eigenvalue weighted by atomic mass is 32.1. The highest BCUT2D eigenvalue weighted by molar-refractivity contribution is 7.04. The molecule has 17 heteroatoms. The second-order valence-corrected chi connectivity index (χ2v) is 9.86. The Morgan fingerprint density at radius 3 is 1.48 bits per heavy atom. The lowest BCUT2D eigenvalue weighted by Crippen LogP contribution is -1.90. The zero-order valence-corrected chi connectivity index (χ0v) is 24.7. The van der Waals surface area contributed by atoms with Gasteiger partial charge in [0, 0.05) is 64.3 Å². The van der Waals surface area contributed by atoms with E-state index >= 15 is 0 Å². The molecule has 44 heavy (non-hydrogen) atoms. The van der Waals surface area contributed by atoms with E-state index in [0.717, 1.165) is 35.7 Å². The van der Waals surface area contributed by atoms with Gasteiger partial charge in [0.05, 0.1) is 9.85 Å². The molecule has 0 bridgehead atoms. The van der Waals surface area contributed by atoms with Crippen LogP contribution >= 0.6 is 34.6 Å². The maximum absolute atomic E-state index is 12.1. The molecule has 3 heterocycles. The number of aromatic amines is 1. The first-order chi connectivity index (χ1) is 21.2. The Balaban J connectivity index is 0.000000167. The molecule has 226 valence electrons. The number of ether oxygens (including phenoxy) is 2. The summed E-state index contributed by atoms with van der Waals surface area (Å²) in [6.45, 7) is 0. The molecule has 0 saturated carbocycles. The summed E-state index contributed by atoms with van der Waals surface area (Å²) in [5.41, 5.74) is 6.19. The van der Waals surface area contributed by atoms with Gasteiger partial charge in [0.25, 0.3) is 16.9 Å². The summed E-state index contributed by atoms with van der Waals surface area (Å²) < 4.78 is 33.3. The molecule has 0 amide bonds. The number of nitro benzene ring substituents is 2. The van der Waals surface area contributed by atoms with Crippen molar-refractivity contribution in [1.82, 2.24) is 13.1 Å². The SMILES string of the molecule is Nc1ccc(Oc2ccsn2)cc1.O=[N+]([O-])c1ccc(F)cc1.O=[N+]([O-])c1ccc(Oc2ccsn2)cc1.O=c1ccs[nH]1. The van der Waals surface area contributed by atoms with Gasteiger partial charge in [0.15, 0.2) is 0 Å². The highest BCUT2D eigenvalue weighted by Gasteiger charge is 2.05. The number of nitrogens with zero attached hydrogens (tertiary/aromatic N) is 4. The van der Waals surface area contributed by atoms with E-state index in [2.05, 4.69) is 13.1 Å². The van der Waals surface area contributed by atoms with E-state index in [1.165, 1.54) is 64.9 Å². The Morgan fingerprint density at radius 2 is 1.14 bits per heavy atom. The maximum atomic E-state index is 12.1. The summed E-state index contributed by atoms with van der Waals surface area (Å²) in [6.07, 6.45) is 0. The minimum Gasteiger partial charge on any atom is -0.438 e. The molecule has 0 aliphatic heterocycles. The first-order valence-corrected chi connectivity index (χ1v) is 14.5. The average Bonchev–Trinajstić information content (AvgIpc) is 3.82. The second-order valence-electron chi connectivity index (χ2n) is 7.82. The van der Waals surface area contributed by atoms with Crippen LogP contribution in [0.3, 0.4) is 0 Å². The van der Waals surface area contributed by atoms with Crippen LogP contribution in [0.15, 0.2) is 112 Å². The van der Waals surface area contributed by atoms with Crippen LogP contribution in [0, 0.1) is 26.0 Å². The topological polar surface area (TPSA) is 189 Å². The number of hydrogen-bond donors (Lipinski definition) is 2. The molecular formula is C27H21FN6O7S3. The van der Waals surface area contributed by atoms with Crippen molar-refractivity contribution in [2.24, 2.45) is 0 Å². The van der Waals surface area contributed by atoms with Crippen LogP contribution in [-0.4, -0.2) is 23.0 Å². The molecular weight excluding hydrogens is 636 g/mol. The fourth-order valence-corrected chi connectivity index (χ4v) is 4.03. The van der Waals surface area contributed by atoms with E-state index in [4.69, 9.17) is 15.2 Å². The normalized spacial score (nSPS) is 9.57. The second kappa shape index (κ2) is 17.4. The fraction of sp³-hybridized carbons (Fsp3) is 0.